The number of H-pyrrole nitrogens is 2. The summed E-state index contributed by atoms with van der Waals surface area (Å²) in [4.78, 5) is 136. The number of aromatic nitrogens is 8. The maximum Gasteiger partial charge on any atom is 0.220 e. The summed E-state index contributed by atoms with van der Waals surface area (Å²) in [5.74, 6) is 9.24. The highest BCUT2D eigenvalue weighted by molar-refractivity contribution is 8.78. The zero-order valence-corrected chi connectivity index (χ0v) is 97.4. The van der Waals surface area contributed by atoms with Crippen molar-refractivity contribution in [2.75, 3.05) is 108 Å². The van der Waals surface area contributed by atoms with E-state index < -0.39 is 0 Å². The molecule has 12 rings (SSSR count). The number of fused-ring (bicyclic) bond motifs is 11. The summed E-state index contributed by atoms with van der Waals surface area (Å²) in [6.07, 6.45) is 3.97. The van der Waals surface area contributed by atoms with E-state index in [1.54, 1.807) is 200 Å². The second-order valence-electron chi connectivity index (χ2n) is 33.9. The van der Waals surface area contributed by atoms with E-state index in [1.807, 2.05) is 39.8 Å². The molecule has 22 nitrogen and oxygen atoms in total. The van der Waals surface area contributed by atoms with E-state index in [1.165, 1.54) is 33.4 Å². The highest BCUT2D eigenvalue weighted by Crippen LogP contribution is 2.50. The van der Waals surface area contributed by atoms with Gasteiger partial charge in [-0.25, -0.2) is 29.9 Å². The zero-order valence-electron chi connectivity index (χ0n) is 82.7. The normalized spacial score (nSPS) is 12.0. The van der Waals surface area contributed by atoms with E-state index >= 15 is 0 Å². The molecule has 3 aromatic heterocycles. The zero-order chi connectivity index (χ0) is 102. The van der Waals surface area contributed by atoms with Gasteiger partial charge in [0.15, 0.2) is 23.3 Å². The monoisotopic (exact) mass is 2270 g/mol. The Morgan fingerprint density at radius 2 is 0.451 bits per heavy atom. The first kappa shape index (κ1) is 117. The van der Waals surface area contributed by atoms with Crippen LogP contribution in [0.5, 0.6) is 11.5 Å². The second-order valence-corrected chi connectivity index (χ2v) is 55.4. The van der Waals surface area contributed by atoms with Crippen molar-refractivity contribution in [2.45, 2.75) is 198 Å². The van der Waals surface area contributed by atoms with Crippen LogP contribution in [-0.4, -0.2) is 196 Å². The predicted molar refractivity (Wildman–Crippen MR) is 637 cm³/mol. The molecule has 0 spiro atoms. The quantitative estimate of drug-likeness (QED) is 0.00998. The van der Waals surface area contributed by atoms with Gasteiger partial charge in [-0.15, -0.1) is 70.6 Å². The van der Waals surface area contributed by atoms with Crippen molar-refractivity contribution in [2.24, 2.45) is 0 Å². The van der Waals surface area contributed by atoms with E-state index in [2.05, 4.69) is 229 Å². The van der Waals surface area contributed by atoms with Crippen LogP contribution in [0.3, 0.4) is 0 Å². The number of nitrogens with zero attached hydrogens (tertiary/aromatic N) is 6. The Labute approximate surface area is 920 Å². The van der Waals surface area contributed by atoms with Gasteiger partial charge in [-0.3, -0.25) is 28.8 Å². The van der Waals surface area contributed by atoms with Crippen molar-refractivity contribution in [1.82, 2.24) is 71.8 Å². The molecule has 0 unspecified atom stereocenters. The molecule has 7 aromatic carbocycles. The van der Waals surface area contributed by atoms with Crippen molar-refractivity contribution in [3.63, 3.8) is 0 Å². The molecule has 10 aromatic rings. The minimum absolute atomic E-state index is 0.0552. The Balaban J connectivity index is 0.958. The maximum atomic E-state index is 14.0. The number of carbonyl (C=O) groups excluding carboxylic acids is 6. The first-order valence-electron chi connectivity index (χ1n) is 48.1. The largest absolute Gasteiger partial charge is 0.490 e. The van der Waals surface area contributed by atoms with Crippen LogP contribution in [0.25, 0.3) is 53.0 Å². The van der Waals surface area contributed by atoms with Gasteiger partial charge >= 0.3 is 0 Å². The first-order valence-corrected chi connectivity index (χ1v) is 67.9. The van der Waals surface area contributed by atoms with Crippen LogP contribution in [0.2, 0.25) is 0 Å². The fourth-order valence-electron chi connectivity index (χ4n) is 13.7. The first-order chi connectivity index (χ1) is 70.0. The molecule has 0 atom stereocenters. The SMILES string of the molecule is Cc1ccc(SSCCNC(=O)CCCSC2=C(SCCCC(=O)NCCSSc3ccc(C)cc3)c3nc2nc2[nH]c(nc4nc(nc5[nH]c(n3)c3c(OC(C)C)ccc(OC(C)C)c53)C(SCCCC(=O)NCCSSc3ccc(C)cc3)=C4SCCCC(=O)NCCSSc3ccc(C)cc3)c(SCCCC(=O)NCCSSc3ccc(C)cc3)c2SCCCC(=O)NCCSSc2ccc(C)cc2)cc1. The Bertz CT molecular complexity index is 5710. The lowest BCUT2D eigenvalue weighted by atomic mass is 10.1. The highest BCUT2D eigenvalue weighted by atomic mass is 33.1. The second kappa shape index (κ2) is 64.5. The third-order valence-corrected chi connectivity index (χ3v) is 42.5. The standard InChI is InChI=1S/C104H126N14O8S18/c1-67(2)125-81-47-48-82(126-68(3)4)90-89(81)97-111-98(90)113-100-92(128-56-12-18-84(120)106-50-62-134-140-76-37-25-70(6)26-38-76)94(130-58-14-20-86(122)108-52-64-136-142-78-41-29-72(8)30-42-78)102(115-100)117-104-96(132-60-16-22-88(124)110-54-66-138-144-80-45-33-74(10)34-46-80)95(131-59-15-21-87(123)109-53-65-137-143-79-43-31-73(9)32-44-79)103(118-104)116-101-93(129-57-13-19-85(121)107-51-63-135-141-77-39-27-71(7)28-40-77)91(99(112-97)114-101)127-55-11-17-83(119)105-49-61-133-139-75-35-23-69(5)24-36-75/h23-48,67-68H,11-22,49-66H2,1-10H3,(H,105,119)(H,106,120)(H,107,121)(H,108,122)(H,109,123)(H,110,124)(H2,111,112,113,114,115,116,117,118). The van der Waals surface area contributed by atoms with Crippen LogP contribution in [0.4, 0.5) is 0 Å². The fourth-order valence-corrected chi connectivity index (χ4v) is 31.7. The topological polar surface area (TPSA) is 302 Å². The third-order valence-electron chi connectivity index (χ3n) is 20.8. The summed E-state index contributed by atoms with van der Waals surface area (Å²) < 4.78 is 13.7. The van der Waals surface area contributed by atoms with Crippen LogP contribution in [0, 0.1) is 41.5 Å². The van der Waals surface area contributed by atoms with E-state index in [0.717, 1.165) is 62.2 Å². The summed E-state index contributed by atoms with van der Waals surface area (Å²) in [7, 11) is 20.3. The highest BCUT2D eigenvalue weighted by Gasteiger charge is 2.31. The Hall–Kier alpha value is -6.16. The summed E-state index contributed by atoms with van der Waals surface area (Å²) in [6.45, 7) is 23.4. The van der Waals surface area contributed by atoms with Gasteiger partial charge in [0.05, 0.1) is 52.4 Å². The minimum atomic E-state index is -0.302. The van der Waals surface area contributed by atoms with Gasteiger partial charge in [-0.05, 0) is 227 Å². The lowest BCUT2D eigenvalue weighted by Gasteiger charge is -2.15. The van der Waals surface area contributed by atoms with Gasteiger partial charge in [0.2, 0.25) is 35.4 Å². The minimum Gasteiger partial charge on any atom is -0.490 e. The van der Waals surface area contributed by atoms with Crippen LogP contribution in [0.1, 0.15) is 161 Å². The fraction of sp³-hybridized carbons (Fsp3) is 0.404. The van der Waals surface area contributed by atoms with Crippen LogP contribution >= 0.6 is 200 Å². The van der Waals surface area contributed by atoms with Gasteiger partial charge in [0, 0.05) is 142 Å². The number of ether oxygens (including phenoxy) is 2. The smallest absolute Gasteiger partial charge is 0.220 e. The van der Waals surface area contributed by atoms with E-state index in [9.17, 15) is 28.8 Å². The summed E-state index contributed by atoms with van der Waals surface area (Å²) >= 11 is 9.29. The van der Waals surface area contributed by atoms with Crippen molar-refractivity contribution >= 4 is 289 Å². The predicted octanol–water partition coefficient (Wildman–Crippen LogP) is 27.3. The molecular formula is C104H126N14O8S18. The maximum absolute atomic E-state index is 14.0. The number of hydrogen-bond acceptors (Lipinski definition) is 32. The Kier molecular flexibility index (Phi) is 52.2. The number of carbonyl (C=O) groups is 6. The Morgan fingerprint density at radius 1 is 0.257 bits per heavy atom. The van der Waals surface area contributed by atoms with Crippen molar-refractivity contribution < 1.29 is 38.2 Å². The molecule has 0 radical (unpaired) electrons. The van der Waals surface area contributed by atoms with Crippen LogP contribution < -0.4 is 41.4 Å². The molecule has 5 heterocycles. The molecule has 0 saturated carbocycles. The summed E-state index contributed by atoms with van der Waals surface area (Å²) in [6, 6.07) is 54.4. The lowest BCUT2D eigenvalue weighted by molar-refractivity contribution is -0.121. The van der Waals surface area contributed by atoms with Gasteiger partial charge < -0.3 is 51.3 Å². The van der Waals surface area contributed by atoms with Gasteiger partial charge in [0.25, 0.3) is 0 Å². The number of hydrogen-bond donors (Lipinski definition) is 8. The molecule has 0 fully saturated rings. The lowest BCUT2D eigenvalue weighted by Crippen LogP contribution is -2.25. The van der Waals surface area contributed by atoms with Gasteiger partial charge in [0.1, 0.15) is 34.1 Å². The molecule has 2 aliphatic rings. The molecule has 768 valence electrons. The molecular weight excluding hydrogens is 2150 g/mol. The van der Waals surface area contributed by atoms with Crippen molar-refractivity contribution in [3.8, 4) is 11.5 Å². The molecule has 6 amide bonds. The van der Waals surface area contributed by atoms with E-state index in [4.69, 9.17) is 39.4 Å². The van der Waals surface area contributed by atoms with Crippen molar-refractivity contribution in [3.05, 3.63) is 214 Å². The molecule has 144 heavy (non-hydrogen) atoms. The number of nitrogens with one attached hydrogen (secondary N) is 8. The summed E-state index contributed by atoms with van der Waals surface area (Å²) in [5.41, 5.74) is 8.78. The average molecular weight is 2280 g/mol. The number of aromatic amines is 2. The molecule has 8 bridgehead atoms. The number of thioether (sulfide) groups is 6. The number of amides is 6. The molecule has 2 aliphatic heterocycles. The van der Waals surface area contributed by atoms with Gasteiger partial charge in [-0.1, -0.05) is 236 Å². The Morgan fingerprint density at radius 3 is 0.660 bits per heavy atom. The molecule has 0 aliphatic carbocycles. The third kappa shape index (κ3) is 41.2. The molecule has 0 saturated heterocycles. The van der Waals surface area contributed by atoms with Crippen molar-refractivity contribution in [1.29, 1.82) is 0 Å². The summed E-state index contributed by atoms with van der Waals surface area (Å²) in [5, 5.41) is 20.2. The number of aryl methyl sites for hydroxylation is 6. The molecule has 40 heteroatoms. The van der Waals surface area contributed by atoms with Crippen LogP contribution in [0.15, 0.2) is 197 Å². The van der Waals surface area contributed by atoms with Gasteiger partial charge in [-0.2, -0.15) is 0 Å². The average Bonchev–Trinajstić information content (AvgIpc) is 1.59. The van der Waals surface area contributed by atoms with E-state index in [-0.39, 0.29) is 86.2 Å². The van der Waals surface area contributed by atoms with Crippen LogP contribution in [-0.2, 0) is 28.8 Å². The van der Waals surface area contributed by atoms with E-state index in [0.29, 0.717) is 212 Å². The number of rotatable bonds is 64. The molecule has 8 N–H and O–H groups in total. The number of benzene rings is 7.